The third-order valence-corrected chi connectivity index (χ3v) is 4.42. The van der Waals surface area contributed by atoms with E-state index >= 15 is 0 Å². The minimum atomic E-state index is 0.268. The van der Waals surface area contributed by atoms with Gasteiger partial charge >= 0.3 is 0 Å². The van der Waals surface area contributed by atoms with Crippen LogP contribution in [0.2, 0.25) is 10.0 Å². The van der Waals surface area contributed by atoms with Crippen LogP contribution in [0.25, 0.3) is 0 Å². The molecule has 0 heterocycles. The highest BCUT2D eigenvalue weighted by Crippen LogP contribution is 2.15. The maximum atomic E-state index is 11.9. The number of Topliss-reactive ketones (excluding diaryl/α,β-unsaturated/α-hetero) is 2. The molecule has 0 aliphatic carbocycles. The van der Waals surface area contributed by atoms with Gasteiger partial charge in [-0.1, -0.05) is 61.3 Å². The van der Waals surface area contributed by atoms with Crippen molar-refractivity contribution in [2.75, 3.05) is 0 Å². The van der Waals surface area contributed by atoms with E-state index in [1.54, 1.807) is 0 Å². The van der Waals surface area contributed by atoms with Gasteiger partial charge in [0.1, 0.15) is 11.6 Å². The van der Waals surface area contributed by atoms with Crippen LogP contribution in [-0.2, 0) is 22.4 Å². The molecule has 0 fully saturated rings. The standard InChI is InChI=1S/C17H16Cl2O.C5H10O/c18-15-5-1-3-13(11-15)7-9-17(20)10-8-14-4-2-6-16(19)12-14;1-3-5(6)4-2/h1-6,11-12H,7-10H2;3-4H2,1-2H3. The summed E-state index contributed by atoms with van der Waals surface area (Å²) in [4.78, 5) is 22.1. The van der Waals surface area contributed by atoms with E-state index in [0.717, 1.165) is 24.0 Å². The van der Waals surface area contributed by atoms with E-state index in [9.17, 15) is 9.59 Å². The van der Waals surface area contributed by atoms with E-state index in [1.807, 2.05) is 62.4 Å². The van der Waals surface area contributed by atoms with Crippen LogP contribution < -0.4 is 0 Å². The quantitative estimate of drug-likeness (QED) is 0.513. The zero-order valence-electron chi connectivity index (χ0n) is 15.4. The normalized spacial score (nSPS) is 10.0. The van der Waals surface area contributed by atoms with Crippen molar-refractivity contribution in [2.45, 2.75) is 52.4 Å². The molecule has 0 spiro atoms. The zero-order valence-corrected chi connectivity index (χ0v) is 16.9. The summed E-state index contributed by atoms with van der Waals surface area (Å²) in [6.45, 7) is 3.76. The summed E-state index contributed by atoms with van der Waals surface area (Å²) in [5, 5.41) is 1.43. The highest BCUT2D eigenvalue weighted by molar-refractivity contribution is 6.30. The number of ketones is 2. The molecule has 0 bridgehead atoms. The number of aryl methyl sites for hydroxylation is 2. The van der Waals surface area contributed by atoms with Gasteiger partial charge < -0.3 is 0 Å². The van der Waals surface area contributed by atoms with E-state index in [4.69, 9.17) is 23.2 Å². The fourth-order valence-corrected chi connectivity index (χ4v) is 2.75. The number of carbonyl (C=O) groups excluding carboxylic acids is 2. The Hall–Kier alpha value is -1.64. The Balaban J connectivity index is 0.000000487. The molecule has 0 atom stereocenters. The second-order valence-electron chi connectivity index (χ2n) is 6.04. The number of halogens is 2. The van der Waals surface area contributed by atoms with E-state index in [2.05, 4.69) is 0 Å². The smallest absolute Gasteiger partial charge is 0.133 e. The van der Waals surface area contributed by atoms with Crippen LogP contribution in [0.4, 0.5) is 0 Å². The third-order valence-electron chi connectivity index (χ3n) is 3.95. The topological polar surface area (TPSA) is 34.1 Å². The summed E-state index contributed by atoms with van der Waals surface area (Å²) in [6, 6.07) is 15.3. The van der Waals surface area contributed by atoms with Gasteiger partial charge in [0.05, 0.1) is 0 Å². The highest BCUT2D eigenvalue weighted by atomic mass is 35.5. The monoisotopic (exact) mass is 392 g/mol. The van der Waals surface area contributed by atoms with Gasteiger partial charge in [-0.3, -0.25) is 9.59 Å². The number of benzene rings is 2. The van der Waals surface area contributed by atoms with Crippen LogP contribution in [0, 0.1) is 0 Å². The summed E-state index contributed by atoms with van der Waals surface area (Å²) < 4.78 is 0. The molecule has 2 rings (SSSR count). The first-order valence-corrected chi connectivity index (χ1v) is 9.72. The van der Waals surface area contributed by atoms with Crippen LogP contribution >= 0.6 is 23.2 Å². The van der Waals surface area contributed by atoms with Crippen LogP contribution in [0.3, 0.4) is 0 Å². The predicted molar refractivity (Wildman–Crippen MR) is 110 cm³/mol. The molecule has 0 saturated heterocycles. The molecule has 0 unspecified atom stereocenters. The minimum absolute atomic E-state index is 0.268. The highest BCUT2D eigenvalue weighted by Gasteiger charge is 2.04. The molecule has 0 saturated carbocycles. The molecule has 0 N–H and O–H groups in total. The van der Waals surface area contributed by atoms with Crippen molar-refractivity contribution in [3.63, 3.8) is 0 Å². The lowest BCUT2D eigenvalue weighted by atomic mass is 10.0. The third kappa shape index (κ3) is 9.74. The van der Waals surface area contributed by atoms with Gasteiger partial charge in [-0.15, -0.1) is 0 Å². The molecule has 2 nitrogen and oxygen atoms in total. The lowest BCUT2D eigenvalue weighted by Gasteiger charge is -2.03. The van der Waals surface area contributed by atoms with Crippen molar-refractivity contribution in [1.29, 1.82) is 0 Å². The molecule has 0 aromatic heterocycles. The number of carbonyl (C=O) groups is 2. The average Bonchev–Trinajstić information content (AvgIpc) is 2.64. The summed E-state index contributed by atoms with van der Waals surface area (Å²) >= 11 is 11.8. The van der Waals surface area contributed by atoms with Crippen molar-refractivity contribution in [3.05, 3.63) is 69.7 Å². The first kappa shape index (κ1) is 22.4. The van der Waals surface area contributed by atoms with Gasteiger partial charge in [-0.2, -0.15) is 0 Å². The Kier molecular flexibility index (Phi) is 10.9. The van der Waals surface area contributed by atoms with E-state index in [1.165, 1.54) is 0 Å². The summed E-state index contributed by atoms with van der Waals surface area (Å²) in [5.41, 5.74) is 2.21. The van der Waals surface area contributed by atoms with Crippen LogP contribution in [0.5, 0.6) is 0 Å². The Labute approximate surface area is 166 Å². The first-order valence-electron chi connectivity index (χ1n) is 8.96. The second-order valence-corrected chi connectivity index (χ2v) is 6.92. The Morgan fingerprint density at radius 3 is 1.46 bits per heavy atom. The summed E-state index contributed by atoms with van der Waals surface area (Å²) in [6.07, 6.45) is 3.98. The number of hydrogen-bond donors (Lipinski definition) is 0. The first-order chi connectivity index (χ1) is 12.4. The van der Waals surface area contributed by atoms with Crippen molar-refractivity contribution >= 4 is 34.8 Å². The van der Waals surface area contributed by atoms with E-state index in [0.29, 0.717) is 41.5 Å². The molecular formula is C22H26Cl2O2. The minimum Gasteiger partial charge on any atom is -0.300 e. The summed E-state index contributed by atoms with van der Waals surface area (Å²) in [7, 11) is 0. The predicted octanol–water partition coefficient (Wildman–Crippen LogP) is 6.50. The number of hydrogen-bond acceptors (Lipinski definition) is 2. The molecule has 2 aromatic rings. The zero-order chi connectivity index (χ0) is 19.4. The van der Waals surface area contributed by atoms with E-state index in [-0.39, 0.29) is 5.78 Å². The molecule has 0 aliphatic heterocycles. The average molecular weight is 393 g/mol. The van der Waals surface area contributed by atoms with Crippen molar-refractivity contribution in [3.8, 4) is 0 Å². The van der Waals surface area contributed by atoms with Gasteiger partial charge in [0.15, 0.2) is 0 Å². The second kappa shape index (κ2) is 12.7. The van der Waals surface area contributed by atoms with Crippen LogP contribution in [0.15, 0.2) is 48.5 Å². The van der Waals surface area contributed by atoms with Crippen molar-refractivity contribution < 1.29 is 9.59 Å². The fraction of sp³-hybridized carbons (Fsp3) is 0.364. The lowest BCUT2D eigenvalue weighted by Crippen LogP contribution is -2.02. The van der Waals surface area contributed by atoms with Crippen LogP contribution in [0.1, 0.15) is 50.7 Å². The molecule has 0 aliphatic rings. The van der Waals surface area contributed by atoms with Crippen molar-refractivity contribution in [1.82, 2.24) is 0 Å². The Bertz CT molecular complexity index is 653. The molecular weight excluding hydrogens is 367 g/mol. The van der Waals surface area contributed by atoms with Gasteiger partial charge in [-0.25, -0.2) is 0 Å². The van der Waals surface area contributed by atoms with Crippen LogP contribution in [-0.4, -0.2) is 11.6 Å². The number of rotatable bonds is 8. The molecule has 26 heavy (non-hydrogen) atoms. The molecule has 2 aromatic carbocycles. The molecule has 140 valence electrons. The Morgan fingerprint density at radius 1 is 0.731 bits per heavy atom. The fourth-order valence-electron chi connectivity index (χ4n) is 2.33. The summed E-state index contributed by atoms with van der Waals surface area (Å²) in [5.74, 6) is 0.611. The van der Waals surface area contributed by atoms with Gasteiger partial charge in [-0.05, 0) is 48.2 Å². The van der Waals surface area contributed by atoms with Crippen molar-refractivity contribution in [2.24, 2.45) is 0 Å². The molecule has 4 heteroatoms. The van der Waals surface area contributed by atoms with Gasteiger partial charge in [0.25, 0.3) is 0 Å². The lowest BCUT2D eigenvalue weighted by molar-refractivity contribution is -0.119. The maximum Gasteiger partial charge on any atom is 0.133 e. The molecule has 0 amide bonds. The largest absolute Gasteiger partial charge is 0.300 e. The van der Waals surface area contributed by atoms with E-state index < -0.39 is 0 Å². The van der Waals surface area contributed by atoms with Gasteiger partial charge in [0.2, 0.25) is 0 Å². The SMILES string of the molecule is CCC(=O)CC.O=C(CCc1cccc(Cl)c1)CCc1cccc(Cl)c1. The van der Waals surface area contributed by atoms with Gasteiger partial charge in [0, 0.05) is 35.7 Å². The molecule has 0 radical (unpaired) electrons. The maximum absolute atomic E-state index is 11.9. The Morgan fingerprint density at radius 2 is 1.15 bits per heavy atom.